The van der Waals surface area contributed by atoms with Crippen molar-refractivity contribution in [3.05, 3.63) is 70.7 Å². The zero-order valence-corrected chi connectivity index (χ0v) is 15.2. The monoisotopic (exact) mass is 367 g/mol. The average molecular weight is 367 g/mol. The Morgan fingerprint density at radius 2 is 1.73 bits per heavy atom. The van der Waals surface area contributed by atoms with Crippen molar-refractivity contribution in [3.63, 3.8) is 0 Å². The molecule has 0 aliphatic rings. The first-order valence-electron chi connectivity index (χ1n) is 7.96. The molecule has 0 aliphatic heterocycles. The largest absolute Gasteiger partial charge is 0.496 e. The Labute approximate surface area is 155 Å². The summed E-state index contributed by atoms with van der Waals surface area (Å²) < 4.78 is 10.4. The van der Waals surface area contributed by atoms with Gasteiger partial charge in [-0.15, -0.1) is 11.3 Å². The highest BCUT2D eigenvalue weighted by molar-refractivity contribution is 7.17. The van der Waals surface area contributed by atoms with Crippen molar-refractivity contribution < 1.29 is 19.1 Å². The maximum absolute atomic E-state index is 12.4. The first-order valence-corrected chi connectivity index (χ1v) is 8.78. The molecule has 0 radical (unpaired) electrons. The minimum absolute atomic E-state index is 0.318. The van der Waals surface area contributed by atoms with E-state index in [1.54, 1.807) is 31.2 Å². The van der Waals surface area contributed by atoms with Gasteiger partial charge in [-0.2, -0.15) is 0 Å². The van der Waals surface area contributed by atoms with E-state index in [0.717, 1.165) is 10.6 Å². The number of nitrogens with zero attached hydrogens (tertiary/aromatic N) is 1. The van der Waals surface area contributed by atoms with Crippen LogP contribution < -0.4 is 4.74 Å². The van der Waals surface area contributed by atoms with Gasteiger partial charge < -0.3 is 9.47 Å². The van der Waals surface area contributed by atoms with Gasteiger partial charge in [0.25, 0.3) is 0 Å². The molecule has 5 nitrogen and oxygen atoms in total. The van der Waals surface area contributed by atoms with Gasteiger partial charge in [0.15, 0.2) is 6.61 Å². The van der Waals surface area contributed by atoms with Crippen molar-refractivity contribution in [3.8, 4) is 16.3 Å². The number of esters is 1. The molecule has 3 rings (SSSR count). The molecule has 6 heteroatoms. The van der Waals surface area contributed by atoms with Gasteiger partial charge in [-0.3, -0.25) is 4.79 Å². The first kappa shape index (κ1) is 17.8. The van der Waals surface area contributed by atoms with Crippen LogP contribution in [0.15, 0.2) is 54.6 Å². The van der Waals surface area contributed by atoms with E-state index in [9.17, 15) is 9.59 Å². The normalized spacial score (nSPS) is 10.4. The third-order valence-electron chi connectivity index (χ3n) is 3.74. The summed E-state index contributed by atoms with van der Waals surface area (Å²) in [5.74, 6) is -0.416. The SMILES string of the molecule is COc1ccccc1C(=O)COC(=O)c1sc(-c2ccccc2)nc1C. The highest BCUT2D eigenvalue weighted by Crippen LogP contribution is 2.28. The number of ether oxygens (including phenoxy) is 2. The number of methoxy groups -OCH3 is 1. The Hall–Kier alpha value is -2.99. The van der Waals surface area contributed by atoms with Crippen LogP contribution in [0, 0.1) is 6.92 Å². The summed E-state index contributed by atoms with van der Waals surface area (Å²) >= 11 is 1.25. The predicted molar refractivity (Wildman–Crippen MR) is 99.9 cm³/mol. The van der Waals surface area contributed by atoms with Gasteiger partial charge in [0, 0.05) is 5.56 Å². The van der Waals surface area contributed by atoms with Gasteiger partial charge in [-0.25, -0.2) is 9.78 Å². The number of Topliss-reactive ketones (excluding diaryl/α,β-unsaturated/α-hetero) is 1. The molecule has 0 saturated carbocycles. The zero-order valence-electron chi connectivity index (χ0n) is 14.4. The molecule has 2 aromatic carbocycles. The highest BCUT2D eigenvalue weighted by atomic mass is 32.1. The number of carbonyl (C=O) groups excluding carboxylic acids is 2. The molecular formula is C20H17NO4S. The third-order valence-corrected chi connectivity index (χ3v) is 4.93. The fraction of sp³-hybridized carbons (Fsp3) is 0.150. The topological polar surface area (TPSA) is 65.5 Å². The van der Waals surface area contributed by atoms with E-state index in [0.29, 0.717) is 21.9 Å². The van der Waals surface area contributed by atoms with Crippen LogP contribution in [0.2, 0.25) is 0 Å². The van der Waals surface area contributed by atoms with Crippen LogP contribution in [-0.2, 0) is 4.74 Å². The zero-order chi connectivity index (χ0) is 18.5. The molecule has 3 aromatic rings. The molecule has 0 amide bonds. The van der Waals surface area contributed by atoms with Crippen LogP contribution in [0.25, 0.3) is 10.6 Å². The van der Waals surface area contributed by atoms with Crippen LogP contribution in [0.3, 0.4) is 0 Å². The van der Waals surface area contributed by atoms with Crippen molar-refractivity contribution in [1.82, 2.24) is 4.98 Å². The molecule has 0 bridgehead atoms. The predicted octanol–water partition coefficient (Wildman–Crippen LogP) is 4.17. The van der Waals surface area contributed by atoms with Gasteiger partial charge in [-0.05, 0) is 19.1 Å². The second-order valence-corrected chi connectivity index (χ2v) is 6.50. The molecule has 0 unspecified atom stereocenters. The summed E-state index contributed by atoms with van der Waals surface area (Å²) in [5, 5.41) is 0.742. The number of aromatic nitrogens is 1. The fourth-order valence-corrected chi connectivity index (χ4v) is 3.40. The number of benzene rings is 2. The molecule has 0 saturated heterocycles. The minimum atomic E-state index is -0.551. The number of hydrogen-bond acceptors (Lipinski definition) is 6. The Morgan fingerprint density at radius 3 is 2.46 bits per heavy atom. The van der Waals surface area contributed by atoms with Gasteiger partial charge in [-0.1, -0.05) is 42.5 Å². The van der Waals surface area contributed by atoms with Crippen molar-refractivity contribution >= 4 is 23.1 Å². The number of para-hydroxylation sites is 1. The van der Waals surface area contributed by atoms with E-state index in [-0.39, 0.29) is 12.4 Å². The lowest BCUT2D eigenvalue weighted by atomic mass is 10.1. The van der Waals surface area contributed by atoms with Crippen LogP contribution in [0.1, 0.15) is 25.7 Å². The van der Waals surface area contributed by atoms with E-state index in [1.807, 2.05) is 30.3 Å². The van der Waals surface area contributed by atoms with Crippen LogP contribution in [0.4, 0.5) is 0 Å². The first-order chi connectivity index (χ1) is 12.6. The Bertz CT molecular complexity index is 934. The lowest BCUT2D eigenvalue weighted by Gasteiger charge is -2.07. The standard InChI is InChI=1S/C20H17NO4S/c1-13-18(26-19(21-13)14-8-4-3-5-9-14)20(23)25-12-16(22)15-10-6-7-11-17(15)24-2/h3-11H,12H2,1-2H3. The highest BCUT2D eigenvalue weighted by Gasteiger charge is 2.20. The molecular weight excluding hydrogens is 350 g/mol. The second kappa shape index (κ2) is 7.93. The third kappa shape index (κ3) is 3.81. The summed E-state index contributed by atoms with van der Waals surface area (Å²) in [5.41, 5.74) is 1.90. The smallest absolute Gasteiger partial charge is 0.350 e. The maximum atomic E-state index is 12.4. The summed E-state index contributed by atoms with van der Waals surface area (Å²) in [6.45, 7) is 1.40. The van der Waals surface area contributed by atoms with Crippen molar-refractivity contribution in [2.75, 3.05) is 13.7 Å². The number of hydrogen-bond donors (Lipinski definition) is 0. The van der Waals surface area contributed by atoms with E-state index in [2.05, 4.69) is 4.98 Å². The molecule has 0 atom stereocenters. The lowest BCUT2D eigenvalue weighted by Crippen LogP contribution is -2.14. The number of aryl methyl sites for hydroxylation is 1. The van der Waals surface area contributed by atoms with Gasteiger partial charge in [0.1, 0.15) is 15.6 Å². The summed E-state index contributed by atoms with van der Waals surface area (Å²) in [4.78, 5) is 29.5. The van der Waals surface area contributed by atoms with E-state index < -0.39 is 5.97 Å². The van der Waals surface area contributed by atoms with Gasteiger partial charge in [0.05, 0.1) is 18.4 Å². The summed E-state index contributed by atoms with van der Waals surface area (Å²) in [6, 6.07) is 16.4. The van der Waals surface area contributed by atoms with E-state index >= 15 is 0 Å². The summed E-state index contributed by atoms with van der Waals surface area (Å²) in [6.07, 6.45) is 0. The Kier molecular flexibility index (Phi) is 5.43. The van der Waals surface area contributed by atoms with E-state index in [4.69, 9.17) is 9.47 Å². The summed E-state index contributed by atoms with van der Waals surface area (Å²) in [7, 11) is 1.49. The quantitative estimate of drug-likeness (QED) is 0.483. The number of carbonyl (C=O) groups is 2. The van der Waals surface area contributed by atoms with E-state index in [1.165, 1.54) is 18.4 Å². The molecule has 1 heterocycles. The maximum Gasteiger partial charge on any atom is 0.350 e. The molecule has 132 valence electrons. The van der Waals surface area contributed by atoms with Gasteiger partial charge >= 0.3 is 5.97 Å². The minimum Gasteiger partial charge on any atom is -0.496 e. The number of ketones is 1. The van der Waals surface area contributed by atoms with Crippen molar-refractivity contribution in [2.45, 2.75) is 6.92 Å². The molecule has 26 heavy (non-hydrogen) atoms. The van der Waals surface area contributed by atoms with Crippen molar-refractivity contribution in [1.29, 1.82) is 0 Å². The average Bonchev–Trinajstić information content (AvgIpc) is 3.08. The number of thiazole rings is 1. The van der Waals surface area contributed by atoms with Gasteiger partial charge in [0.2, 0.25) is 5.78 Å². The second-order valence-electron chi connectivity index (χ2n) is 5.50. The van der Waals surface area contributed by atoms with Crippen LogP contribution in [0.5, 0.6) is 5.75 Å². The van der Waals surface area contributed by atoms with Crippen LogP contribution in [-0.4, -0.2) is 30.5 Å². The lowest BCUT2D eigenvalue weighted by molar-refractivity contribution is 0.0478. The molecule has 0 fully saturated rings. The molecule has 0 aliphatic carbocycles. The number of rotatable bonds is 6. The Balaban J connectivity index is 1.71. The van der Waals surface area contributed by atoms with Crippen molar-refractivity contribution in [2.24, 2.45) is 0 Å². The Morgan fingerprint density at radius 1 is 1.04 bits per heavy atom. The fourth-order valence-electron chi connectivity index (χ4n) is 2.44. The van der Waals surface area contributed by atoms with Crippen LogP contribution >= 0.6 is 11.3 Å². The molecule has 0 N–H and O–H groups in total. The molecule has 0 spiro atoms. The molecule has 1 aromatic heterocycles.